The van der Waals surface area contributed by atoms with E-state index >= 15 is 0 Å². The first kappa shape index (κ1) is 29.4. The van der Waals surface area contributed by atoms with E-state index in [1.165, 1.54) is 0 Å². The van der Waals surface area contributed by atoms with Crippen molar-refractivity contribution in [2.45, 2.75) is 91.5 Å². The Kier molecular flexibility index (Phi) is 13.1. The van der Waals surface area contributed by atoms with Crippen LogP contribution in [0.5, 0.6) is 5.75 Å². The smallest absolute Gasteiger partial charge is 0.329 e. The number of carbonyl (C=O) groups excluding carboxylic acids is 2. The number of phenolic OH excluding ortho intramolecular Hbond substituents is 1. The lowest BCUT2D eigenvalue weighted by Crippen LogP contribution is -2.28. The molecule has 7 heteroatoms. The predicted molar refractivity (Wildman–Crippen MR) is 142 cm³/mol. The standard InChI is InChI=1S/C29H44N2O5/c1-5-9-13-22(7-3)20-35-27(33)19-25(29(34)36-21-23(8-4)14-10-6-2)31-18-17-30-28(31)24-15-11-12-16-26(24)32/h11-12,15-18,22-23,25,32H,5-10,13-14,19-21H2,1-4H3. The summed E-state index contributed by atoms with van der Waals surface area (Å²) in [5, 5.41) is 10.4. The van der Waals surface area contributed by atoms with Gasteiger partial charge in [0.25, 0.3) is 0 Å². The molecule has 200 valence electrons. The second kappa shape index (κ2) is 16.0. The molecule has 3 atom stereocenters. The first-order valence-corrected chi connectivity index (χ1v) is 13.6. The van der Waals surface area contributed by atoms with Gasteiger partial charge in [-0.3, -0.25) is 4.79 Å². The number of unbranched alkanes of at least 4 members (excludes halogenated alkanes) is 2. The fourth-order valence-corrected chi connectivity index (χ4v) is 4.25. The SMILES string of the molecule is CCCCC(CC)COC(=O)CC(C(=O)OCC(CC)CCCC)n1ccnc1-c1ccccc1O. The Morgan fingerprint density at radius 2 is 1.56 bits per heavy atom. The van der Waals surface area contributed by atoms with Gasteiger partial charge in [0.05, 0.1) is 25.2 Å². The Bertz CT molecular complexity index is 926. The number of benzene rings is 1. The number of phenols is 1. The Morgan fingerprint density at radius 3 is 2.14 bits per heavy atom. The summed E-state index contributed by atoms with van der Waals surface area (Å²) in [7, 11) is 0. The van der Waals surface area contributed by atoms with Gasteiger partial charge < -0.3 is 19.1 Å². The van der Waals surface area contributed by atoms with Gasteiger partial charge in [0.1, 0.15) is 17.6 Å². The highest BCUT2D eigenvalue weighted by molar-refractivity contribution is 5.82. The van der Waals surface area contributed by atoms with Crippen LogP contribution in [-0.2, 0) is 19.1 Å². The maximum absolute atomic E-state index is 13.3. The molecule has 1 N–H and O–H groups in total. The molecule has 1 aromatic carbocycles. The van der Waals surface area contributed by atoms with Crippen LogP contribution in [0, 0.1) is 11.8 Å². The van der Waals surface area contributed by atoms with Gasteiger partial charge in [0, 0.05) is 12.4 Å². The molecule has 0 amide bonds. The van der Waals surface area contributed by atoms with Crippen molar-refractivity contribution in [3.05, 3.63) is 36.7 Å². The molecule has 2 aromatic rings. The minimum Gasteiger partial charge on any atom is -0.507 e. The van der Waals surface area contributed by atoms with Crippen molar-refractivity contribution in [3.8, 4) is 17.1 Å². The lowest BCUT2D eigenvalue weighted by atomic mass is 10.0. The third-order valence-electron chi connectivity index (χ3n) is 6.81. The quantitative estimate of drug-likeness (QED) is 0.243. The zero-order chi connectivity index (χ0) is 26.3. The van der Waals surface area contributed by atoms with Crippen LogP contribution in [0.25, 0.3) is 11.4 Å². The summed E-state index contributed by atoms with van der Waals surface area (Å²) in [5.74, 6) is 0.109. The van der Waals surface area contributed by atoms with Gasteiger partial charge >= 0.3 is 11.9 Å². The van der Waals surface area contributed by atoms with E-state index in [9.17, 15) is 14.7 Å². The first-order valence-electron chi connectivity index (χ1n) is 13.6. The van der Waals surface area contributed by atoms with E-state index in [0.29, 0.717) is 30.5 Å². The van der Waals surface area contributed by atoms with Gasteiger partial charge in [-0.25, -0.2) is 9.78 Å². The molecular weight excluding hydrogens is 456 g/mol. The zero-order valence-electron chi connectivity index (χ0n) is 22.4. The fourth-order valence-electron chi connectivity index (χ4n) is 4.25. The third kappa shape index (κ3) is 8.99. The molecule has 0 aliphatic carbocycles. The number of esters is 2. The number of aromatic hydroxyl groups is 1. The zero-order valence-corrected chi connectivity index (χ0v) is 22.4. The number of ether oxygens (including phenoxy) is 2. The van der Waals surface area contributed by atoms with Crippen LogP contribution in [-0.4, -0.2) is 39.8 Å². The van der Waals surface area contributed by atoms with Crippen molar-refractivity contribution in [2.75, 3.05) is 13.2 Å². The average Bonchev–Trinajstić information content (AvgIpc) is 3.37. The van der Waals surface area contributed by atoms with Crippen LogP contribution in [0.1, 0.15) is 91.5 Å². The maximum atomic E-state index is 13.3. The van der Waals surface area contributed by atoms with E-state index in [1.807, 2.05) is 0 Å². The summed E-state index contributed by atoms with van der Waals surface area (Å²) in [5.41, 5.74) is 0.480. The van der Waals surface area contributed by atoms with Crippen molar-refractivity contribution in [1.29, 1.82) is 0 Å². The van der Waals surface area contributed by atoms with Crippen molar-refractivity contribution in [3.63, 3.8) is 0 Å². The molecule has 0 aliphatic rings. The fraction of sp³-hybridized carbons (Fsp3) is 0.621. The highest BCUT2D eigenvalue weighted by Gasteiger charge is 2.29. The van der Waals surface area contributed by atoms with E-state index in [-0.39, 0.29) is 18.1 Å². The molecule has 0 bridgehead atoms. The summed E-state index contributed by atoms with van der Waals surface area (Å²) >= 11 is 0. The lowest BCUT2D eigenvalue weighted by molar-refractivity contribution is -0.156. The molecule has 36 heavy (non-hydrogen) atoms. The van der Waals surface area contributed by atoms with E-state index < -0.39 is 18.0 Å². The van der Waals surface area contributed by atoms with Crippen molar-refractivity contribution >= 4 is 11.9 Å². The molecule has 0 spiro atoms. The van der Waals surface area contributed by atoms with Crippen molar-refractivity contribution in [1.82, 2.24) is 9.55 Å². The Labute approximate surface area is 216 Å². The second-order valence-corrected chi connectivity index (χ2v) is 9.54. The van der Waals surface area contributed by atoms with Gasteiger partial charge in [-0.1, -0.05) is 78.4 Å². The van der Waals surface area contributed by atoms with Gasteiger partial charge in [-0.05, 0) is 36.8 Å². The number of rotatable bonds is 17. The minimum atomic E-state index is -0.936. The first-order chi connectivity index (χ1) is 17.4. The van der Waals surface area contributed by atoms with Crippen molar-refractivity contribution < 1.29 is 24.2 Å². The highest BCUT2D eigenvalue weighted by atomic mass is 16.5. The molecular formula is C29H44N2O5. The monoisotopic (exact) mass is 500 g/mol. The van der Waals surface area contributed by atoms with Crippen LogP contribution >= 0.6 is 0 Å². The normalized spacial score (nSPS) is 13.7. The number of para-hydroxylation sites is 1. The number of carbonyl (C=O) groups is 2. The summed E-state index contributed by atoms with van der Waals surface area (Å²) in [6.07, 6.45) is 11.3. The average molecular weight is 501 g/mol. The van der Waals surface area contributed by atoms with Gasteiger partial charge in [0.15, 0.2) is 0 Å². The number of hydrogen-bond donors (Lipinski definition) is 1. The summed E-state index contributed by atoms with van der Waals surface area (Å²) in [6, 6.07) is 5.87. The van der Waals surface area contributed by atoms with Crippen molar-refractivity contribution in [2.24, 2.45) is 11.8 Å². The molecule has 1 aromatic heterocycles. The van der Waals surface area contributed by atoms with E-state index in [2.05, 4.69) is 32.7 Å². The molecule has 1 heterocycles. The van der Waals surface area contributed by atoms with Gasteiger partial charge in [-0.15, -0.1) is 0 Å². The molecule has 0 fully saturated rings. The predicted octanol–water partition coefficient (Wildman–Crippen LogP) is 6.71. The molecule has 2 rings (SSSR count). The van der Waals surface area contributed by atoms with E-state index in [4.69, 9.17) is 9.47 Å². The Hall–Kier alpha value is -2.83. The second-order valence-electron chi connectivity index (χ2n) is 9.54. The molecule has 0 saturated heterocycles. The van der Waals surface area contributed by atoms with Crippen LogP contribution in [0.3, 0.4) is 0 Å². The maximum Gasteiger partial charge on any atom is 0.329 e. The summed E-state index contributed by atoms with van der Waals surface area (Å²) in [4.78, 5) is 30.6. The van der Waals surface area contributed by atoms with Crippen LogP contribution < -0.4 is 0 Å². The number of nitrogens with zero attached hydrogens (tertiary/aromatic N) is 2. The molecule has 0 saturated carbocycles. The molecule has 0 radical (unpaired) electrons. The van der Waals surface area contributed by atoms with Crippen LogP contribution in [0.4, 0.5) is 0 Å². The summed E-state index contributed by atoms with van der Waals surface area (Å²) < 4.78 is 13.0. The van der Waals surface area contributed by atoms with E-state index in [0.717, 1.165) is 51.4 Å². The topological polar surface area (TPSA) is 90.7 Å². The Morgan fingerprint density at radius 1 is 0.944 bits per heavy atom. The molecule has 0 aliphatic heterocycles. The van der Waals surface area contributed by atoms with Crippen LogP contribution in [0.15, 0.2) is 36.7 Å². The largest absolute Gasteiger partial charge is 0.507 e. The number of hydrogen-bond acceptors (Lipinski definition) is 6. The van der Waals surface area contributed by atoms with Crippen LogP contribution in [0.2, 0.25) is 0 Å². The number of aromatic nitrogens is 2. The van der Waals surface area contributed by atoms with Gasteiger partial charge in [0.2, 0.25) is 0 Å². The highest BCUT2D eigenvalue weighted by Crippen LogP contribution is 2.31. The van der Waals surface area contributed by atoms with E-state index in [1.54, 1.807) is 41.2 Å². The molecule has 7 nitrogen and oxygen atoms in total. The lowest BCUT2D eigenvalue weighted by Gasteiger charge is -2.22. The minimum absolute atomic E-state index is 0.0481. The van der Waals surface area contributed by atoms with Gasteiger partial charge in [-0.2, -0.15) is 0 Å². The Balaban J connectivity index is 2.21. The molecule has 3 unspecified atom stereocenters. The third-order valence-corrected chi connectivity index (χ3v) is 6.81. The summed E-state index contributed by atoms with van der Waals surface area (Å²) in [6.45, 7) is 9.15. The number of imidazole rings is 1.